The van der Waals surface area contributed by atoms with Crippen LogP contribution in [-0.2, 0) is 9.47 Å². The van der Waals surface area contributed by atoms with Crippen molar-refractivity contribution in [3.05, 3.63) is 33.9 Å². The summed E-state index contributed by atoms with van der Waals surface area (Å²) in [6.45, 7) is 2.99. The standard InChI is InChI=1S/C15H21N3O5/c1-11-12(5-4-6-13(11)18(20)21)17-15(19)16-8-10-23-14-7-2-3-9-22-14/h4-6,14H,2-3,7-10H2,1H3,(H2,16,17,19). The highest BCUT2D eigenvalue weighted by atomic mass is 16.7. The summed E-state index contributed by atoms with van der Waals surface area (Å²) < 4.78 is 10.9. The number of nitro benzene ring substituents is 1. The number of carbonyl (C=O) groups excluding carboxylic acids is 1. The van der Waals surface area contributed by atoms with E-state index < -0.39 is 11.0 Å². The highest BCUT2D eigenvalue weighted by molar-refractivity contribution is 5.90. The average Bonchev–Trinajstić information content (AvgIpc) is 2.54. The van der Waals surface area contributed by atoms with Gasteiger partial charge in [0.25, 0.3) is 5.69 Å². The minimum atomic E-state index is -0.476. The van der Waals surface area contributed by atoms with E-state index in [9.17, 15) is 14.9 Å². The topological polar surface area (TPSA) is 103 Å². The second kappa shape index (κ2) is 8.44. The number of amides is 2. The van der Waals surface area contributed by atoms with Gasteiger partial charge in [-0.2, -0.15) is 0 Å². The fraction of sp³-hybridized carbons (Fsp3) is 0.533. The smallest absolute Gasteiger partial charge is 0.319 e. The summed E-state index contributed by atoms with van der Waals surface area (Å²) in [5, 5.41) is 16.1. The lowest BCUT2D eigenvalue weighted by atomic mass is 10.1. The molecule has 1 aromatic carbocycles. The number of nitro groups is 1. The van der Waals surface area contributed by atoms with Gasteiger partial charge in [0, 0.05) is 19.2 Å². The van der Waals surface area contributed by atoms with Crippen LogP contribution in [0.5, 0.6) is 0 Å². The van der Waals surface area contributed by atoms with Crippen molar-refractivity contribution in [1.82, 2.24) is 5.32 Å². The molecule has 8 heteroatoms. The highest BCUT2D eigenvalue weighted by Crippen LogP contribution is 2.24. The molecule has 0 bridgehead atoms. The first-order valence-electron chi connectivity index (χ1n) is 7.60. The van der Waals surface area contributed by atoms with Crippen LogP contribution in [0.4, 0.5) is 16.2 Å². The number of hydrogen-bond acceptors (Lipinski definition) is 5. The number of anilines is 1. The maximum Gasteiger partial charge on any atom is 0.319 e. The van der Waals surface area contributed by atoms with Crippen LogP contribution in [0.3, 0.4) is 0 Å². The molecule has 1 atom stereocenters. The Morgan fingerprint density at radius 1 is 1.48 bits per heavy atom. The van der Waals surface area contributed by atoms with E-state index in [0.717, 1.165) is 19.3 Å². The molecule has 0 radical (unpaired) electrons. The number of ether oxygens (including phenoxy) is 2. The van der Waals surface area contributed by atoms with Crippen molar-refractivity contribution in [2.75, 3.05) is 25.1 Å². The first-order chi connectivity index (χ1) is 11.1. The van der Waals surface area contributed by atoms with Gasteiger partial charge in [-0.05, 0) is 32.3 Å². The van der Waals surface area contributed by atoms with Crippen molar-refractivity contribution < 1.29 is 19.2 Å². The van der Waals surface area contributed by atoms with Gasteiger partial charge in [-0.25, -0.2) is 4.79 Å². The van der Waals surface area contributed by atoms with Gasteiger partial charge >= 0.3 is 6.03 Å². The summed E-state index contributed by atoms with van der Waals surface area (Å²) in [7, 11) is 0. The summed E-state index contributed by atoms with van der Waals surface area (Å²) in [4.78, 5) is 22.2. The largest absolute Gasteiger partial charge is 0.353 e. The van der Waals surface area contributed by atoms with Gasteiger partial charge in [0.2, 0.25) is 0 Å². The fourth-order valence-corrected chi connectivity index (χ4v) is 2.32. The summed E-state index contributed by atoms with van der Waals surface area (Å²) in [6.07, 6.45) is 2.83. The summed E-state index contributed by atoms with van der Waals surface area (Å²) in [5.74, 6) is 0. The van der Waals surface area contributed by atoms with Crippen molar-refractivity contribution in [3.63, 3.8) is 0 Å². The Morgan fingerprint density at radius 2 is 2.30 bits per heavy atom. The molecule has 0 spiro atoms. The van der Waals surface area contributed by atoms with Gasteiger partial charge in [-0.15, -0.1) is 0 Å². The number of urea groups is 1. The van der Waals surface area contributed by atoms with Gasteiger partial charge < -0.3 is 20.1 Å². The van der Waals surface area contributed by atoms with Gasteiger partial charge in [-0.1, -0.05) is 6.07 Å². The Labute approximate surface area is 134 Å². The molecule has 1 saturated heterocycles. The van der Waals surface area contributed by atoms with Crippen molar-refractivity contribution in [2.24, 2.45) is 0 Å². The molecule has 0 saturated carbocycles. The Bertz CT molecular complexity index is 558. The van der Waals surface area contributed by atoms with Crippen molar-refractivity contribution in [3.8, 4) is 0 Å². The third-order valence-electron chi connectivity index (χ3n) is 3.58. The number of nitrogens with zero attached hydrogens (tertiary/aromatic N) is 1. The monoisotopic (exact) mass is 323 g/mol. The molecule has 0 aliphatic carbocycles. The zero-order valence-electron chi connectivity index (χ0n) is 13.0. The van der Waals surface area contributed by atoms with E-state index in [1.807, 2.05) is 0 Å². The van der Waals surface area contributed by atoms with Crippen molar-refractivity contribution >= 4 is 17.4 Å². The first kappa shape index (κ1) is 17.2. The predicted octanol–water partition coefficient (Wildman–Crippen LogP) is 2.57. The molecule has 2 amide bonds. The molecular formula is C15H21N3O5. The van der Waals surface area contributed by atoms with Crippen LogP contribution >= 0.6 is 0 Å². The SMILES string of the molecule is Cc1c(NC(=O)NCCOC2CCCCO2)cccc1[N+](=O)[O-]. The minimum absolute atomic E-state index is 0.0272. The lowest BCUT2D eigenvalue weighted by Crippen LogP contribution is -2.33. The molecular weight excluding hydrogens is 302 g/mol. The van der Waals surface area contributed by atoms with E-state index in [1.165, 1.54) is 12.1 Å². The van der Waals surface area contributed by atoms with Crippen LogP contribution in [0.15, 0.2) is 18.2 Å². The van der Waals surface area contributed by atoms with Gasteiger partial charge in [0.1, 0.15) is 0 Å². The maximum atomic E-state index is 11.8. The van der Waals surface area contributed by atoms with Gasteiger partial charge in [0.05, 0.1) is 22.8 Å². The van der Waals surface area contributed by atoms with E-state index in [0.29, 0.717) is 31.0 Å². The van der Waals surface area contributed by atoms with E-state index in [2.05, 4.69) is 10.6 Å². The number of carbonyl (C=O) groups is 1. The number of rotatable bonds is 6. The van der Waals surface area contributed by atoms with Crippen molar-refractivity contribution in [1.29, 1.82) is 0 Å². The third kappa shape index (κ3) is 5.19. The van der Waals surface area contributed by atoms with Crippen LogP contribution in [-0.4, -0.2) is 37.0 Å². The third-order valence-corrected chi connectivity index (χ3v) is 3.58. The maximum absolute atomic E-state index is 11.8. The van der Waals surface area contributed by atoms with Crippen LogP contribution in [0.25, 0.3) is 0 Å². The van der Waals surface area contributed by atoms with Crippen LogP contribution < -0.4 is 10.6 Å². The molecule has 8 nitrogen and oxygen atoms in total. The first-order valence-corrected chi connectivity index (χ1v) is 7.60. The second-order valence-corrected chi connectivity index (χ2v) is 5.25. The van der Waals surface area contributed by atoms with E-state index in [4.69, 9.17) is 9.47 Å². The zero-order chi connectivity index (χ0) is 16.7. The molecule has 23 heavy (non-hydrogen) atoms. The number of nitrogens with one attached hydrogen (secondary N) is 2. The van der Waals surface area contributed by atoms with Crippen LogP contribution in [0, 0.1) is 17.0 Å². The molecule has 126 valence electrons. The predicted molar refractivity (Wildman–Crippen MR) is 84.4 cm³/mol. The lowest BCUT2D eigenvalue weighted by Gasteiger charge is -2.22. The molecule has 1 fully saturated rings. The molecule has 2 rings (SSSR count). The van der Waals surface area contributed by atoms with Crippen LogP contribution in [0.2, 0.25) is 0 Å². The van der Waals surface area contributed by atoms with E-state index >= 15 is 0 Å². The molecule has 1 unspecified atom stereocenters. The molecule has 2 N–H and O–H groups in total. The summed E-state index contributed by atoms with van der Waals surface area (Å²) >= 11 is 0. The van der Waals surface area contributed by atoms with Gasteiger partial charge in [0.15, 0.2) is 6.29 Å². The highest BCUT2D eigenvalue weighted by Gasteiger charge is 2.15. The summed E-state index contributed by atoms with van der Waals surface area (Å²) in [6, 6.07) is 4.12. The Balaban J connectivity index is 1.74. The second-order valence-electron chi connectivity index (χ2n) is 5.25. The lowest BCUT2D eigenvalue weighted by molar-refractivity contribution is -0.385. The Kier molecular flexibility index (Phi) is 6.30. The Hall–Kier alpha value is -2.19. The normalized spacial score (nSPS) is 17.5. The van der Waals surface area contributed by atoms with E-state index in [1.54, 1.807) is 13.0 Å². The average molecular weight is 323 g/mol. The molecule has 1 aliphatic heterocycles. The zero-order valence-corrected chi connectivity index (χ0v) is 13.0. The van der Waals surface area contributed by atoms with Crippen LogP contribution in [0.1, 0.15) is 24.8 Å². The number of benzene rings is 1. The quantitative estimate of drug-likeness (QED) is 0.476. The molecule has 0 aromatic heterocycles. The van der Waals surface area contributed by atoms with Gasteiger partial charge in [-0.3, -0.25) is 10.1 Å². The number of hydrogen-bond donors (Lipinski definition) is 2. The van der Waals surface area contributed by atoms with E-state index in [-0.39, 0.29) is 12.0 Å². The fourth-order valence-electron chi connectivity index (χ4n) is 2.32. The molecule has 1 heterocycles. The summed E-state index contributed by atoms with van der Waals surface area (Å²) in [5.41, 5.74) is 0.799. The van der Waals surface area contributed by atoms with Crippen molar-refractivity contribution in [2.45, 2.75) is 32.5 Å². The Morgan fingerprint density at radius 3 is 3.00 bits per heavy atom. The molecule has 1 aromatic rings. The minimum Gasteiger partial charge on any atom is -0.353 e. The molecule has 1 aliphatic rings.